The Morgan fingerprint density at radius 2 is 1.45 bits per heavy atom. The second-order valence-corrected chi connectivity index (χ2v) is 8.69. The van der Waals surface area contributed by atoms with Gasteiger partial charge in [0.05, 0.1) is 0 Å². The Kier molecular flexibility index (Phi) is 6.45. The number of benzene rings is 4. The van der Waals surface area contributed by atoms with Gasteiger partial charge in [-0.25, -0.2) is 4.98 Å². The third-order valence-corrected chi connectivity index (χ3v) is 6.38. The summed E-state index contributed by atoms with van der Waals surface area (Å²) < 4.78 is 8.39. The van der Waals surface area contributed by atoms with Crippen LogP contribution in [-0.4, -0.2) is 9.55 Å². The summed E-state index contributed by atoms with van der Waals surface area (Å²) in [6.07, 6.45) is 5.83. The second-order valence-electron chi connectivity index (χ2n) is 8.69. The standard InChI is InChI=1S/C32H21N4O.Pt/c1-2-9-24(10-3-1)34-19-20-35(23-34)25-11-8-12-26(21-25)37-27-16-17-29-28-13-4-5-14-30(28)36(31(29)22-27)32-15-6-7-18-33-32;/h1-20,23H;/q-3;. The van der Waals surface area contributed by atoms with Gasteiger partial charge in [0.2, 0.25) is 0 Å². The van der Waals surface area contributed by atoms with Gasteiger partial charge < -0.3 is 19.1 Å². The Morgan fingerprint density at radius 3 is 2.32 bits per heavy atom. The summed E-state index contributed by atoms with van der Waals surface area (Å²) >= 11 is 0. The van der Waals surface area contributed by atoms with Crippen molar-refractivity contribution in [2.24, 2.45) is 0 Å². The molecule has 0 spiro atoms. The van der Waals surface area contributed by atoms with E-state index in [2.05, 4.69) is 63.0 Å². The van der Waals surface area contributed by atoms with Crippen LogP contribution in [-0.2, 0) is 21.1 Å². The SMILES string of the molecule is [Pt].[c-]1c(Oc2[c-]c3c(cc2)c2ccccc2n3-c2ccccn2)cccc1N1C=CN(c2ccccc2)[CH-]1. The van der Waals surface area contributed by atoms with Crippen LogP contribution in [0, 0.1) is 18.8 Å². The topological polar surface area (TPSA) is 33.5 Å². The summed E-state index contributed by atoms with van der Waals surface area (Å²) in [5.41, 5.74) is 3.98. The minimum absolute atomic E-state index is 0. The normalized spacial score (nSPS) is 12.7. The number of aromatic nitrogens is 2. The summed E-state index contributed by atoms with van der Waals surface area (Å²) in [6.45, 7) is 2.02. The Labute approximate surface area is 235 Å². The molecule has 0 atom stereocenters. The molecule has 0 N–H and O–H groups in total. The van der Waals surface area contributed by atoms with Crippen LogP contribution < -0.4 is 14.5 Å². The van der Waals surface area contributed by atoms with E-state index in [4.69, 9.17) is 4.74 Å². The van der Waals surface area contributed by atoms with Crippen molar-refractivity contribution in [1.29, 1.82) is 0 Å². The van der Waals surface area contributed by atoms with Crippen molar-refractivity contribution in [2.45, 2.75) is 0 Å². The number of hydrogen-bond acceptors (Lipinski definition) is 4. The van der Waals surface area contributed by atoms with Gasteiger partial charge in [0, 0.05) is 50.0 Å². The van der Waals surface area contributed by atoms with Crippen molar-refractivity contribution < 1.29 is 25.8 Å². The van der Waals surface area contributed by atoms with Gasteiger partial charge in [-0.15, -0.1) is 48.1 Å². The van der Waals surface area contributed by atoms with Gasteiger partial charge in [-0.1, -0.05) is 48.0 Å². The van der Waals surface area contributed by atoms with Crippen molar-refractivity contribution >= 4 is 33.2 Å². The van der Waals surface area contributed by atoms with Crippen molar-refractivity contribution in [3.8, 4) is 17.3 Å². The number of para-hydroxylation sites is 2. The van der Waals surface area contributed by atoms with E-state index in [1.165, 1.54) is 0 Å². The van der Waals surface area contributed by atoms with Crippen molar-refractivity contribution in [1.82, 2.24) is 9.55 Å². The minimum Gasteiger partial charge on any atom is -0.509 e. The minimum atomic E-state index is 0. The molecule has 4 aromatic carbocycles. The molecule has 0 fully saturated rings. The average molecular weight is 673 g/mol. The molecular weight excluding hydrogens is 651 g/mol. The summed E-state index contributed by atoms with van der Waals surface area (Å²) in [4.78, 5) is 8.68. The van der Waals surface area contributed by atoms with Gasteiger partial charge in [-0.2, -0.15) is 12.1 Å². The van der Waals surface area contributed by atoms with Crippen molar-refractivity contribution in [3.05, 3.63) is 141 Å². The first-order valence-corrected chi connectivity index (χ1v) is 12.1. The molecule has 6 heteroatoms. The van der Waals surface area contributed by atoms with Gasteiger partial charge in [-0.05, 0) is 48.1 Å². The van der Waals surface area contributed by atoms with E-state index >= 15 is 0 Å². The first-order chi connectivity index (χ1) is 18.3. The fourth-order valence-corrected chi connectivity index (χ4v) is 4.67. The van der Waals surface area contributed by atoms with Gasteiger partial charge in [-0.3, -0.25) is 0 Å². The smallest absolute Gasteiger partial charge is 0.135 e. The molecule has 5 nitrogen and oxygen atoms in total. The molecule has 188 valence electrons. The molecule has 0 unspecified atom stereocenters. The maximum absolute atomic E-state index is 6.26. The van der Waals surface area contributed by atoms with Crippen LogP contribution in [0.2, 0.25) is 0 Å². The summed E-state index contributed by atoms with van der Waals surface area (Å²) in [6, 6.07) is 41.3. The number of anilines is 2. The Balaban J connectivity index is 0.00000264. The molecule has 38 heavy (non-hydrogen) atoms. The van der Waals surface area contributed by atoms with Crippen LogP contribution >= 0.6 is 0 Å². The molecule has 3 heterocycles. The first-order valence-electron chi connectivity index (χ1n) is 12.1. The monoisotopic (exact) mass is 672 g/mol. The molecule has 2 aromatic heterocycles. The fraction of sp³-hybridized carbons (Fsp3) is 0. The third-order valence-electron chi connectivity index (χ3n) is 6.38. The molecule has 6 aromatic rings. The van der Waals surface area contributed by atoms with E-state index < -0.39 is 0 Å². The Hall–Kier alpha value is -4.34. The van der Waals surface area contributed by atoms with E-state index in [1.807, 2.05) is 90.7 Å². The third kappa shape index (κ3) is 4.36. The van der Waals surface area contributed by atoms with E-state index in [-0.39, 0.29) is 21.1 Å². The molecule has 0 amide bonds. The van der Waals surface area contributed by atoms with Gasteiger partial charge >= 0.3 is 0 Å². The van der Waals surface area contributed by atoms with E-state index in [0.717, 1.165) is 39.0 Å². The van der Waals surface area contributed by atoms with Crippen LogP contribution in [0.3, 0.4) is 0 Å². The van der Waals surface area contributed by atoms with E-state index in [9.17, 15) is 0 Å². The van der Waals surface area contributed by atoms with Gasteiger partial charge in [0.15, 0.2) is 0 Å². The van der Waals surface area contributed by atoms with Crippen molar-refractivity contribution in [2.75, 3.05) is 9.80 Å². The molecule has 0 saturated heterocycles. The fourth-order valence-electron chi connectivity index (χ4n) is 4.67. The molecule has 1 aliphatic heterocycles. The first kappa shape index (κ1) is 24.0. The molecule has 0 bridgehead atoms. The summed E-state index contributed by atoms with van der Waals surface area (Å²) in [5, 5.41) is 2.25. The predicted octanol–water partition coefficient (Wildman–Crippen LogP) is 7.49. The molecular formula is C32H21N4OPt-3. The quantitative estimate of drug-likeness (QED) is 0.178. The number of rotatable bonds is 5. The number of ether oxygens (including phenoxy) is 1. The zero-order valence-electron chi connectivity index (χ0n) is 20.1. The van der Waals surface area contributed by atoms with Crippen LogP contribution in [0.4, 0.5) is 11.4 Å². The average Bonchev–Trinajstić information content (AvgIpc) is 3.58. The molecule has 0 aliphatic carbocycles. The molecule has 0 saturated carbocycles. The second kappa shape index (κ2) is 10.2. The largest absolute Gasteiger partial charge is 0.509 e. The Morgan fingerprint density at radius 1 is 0.658 bits per heavy atom. The van der Waals surface area contributed by atoms with Crippen LogP contribution in [0.25, 0.3) is 27.6 Å². The number of nitrogens with zero attached hydrogens (tertiary/aromatic N) is 4. The van der Waals surface area contributed by atoms with Gasteiger partial charge in [0.1, 0.15) is 5.82 Å². The zero-order chi connectivity index (χ0) is 24.6. The maximum atomic E-state index is 6.26. The number of pyridine rings is 1. The number of hydrogen-bond donors (Lipinski definition) is 0. The van der Waals surface area contributed by atoms with Gasteiger partial charge in [0.25, 0.3) is 0 Å². The predicted molar refractivity (Wildman–Crippen MR) is 148 cm³/mol. The van der Waals surface area contributed by atoms with E-state index in [0.29, 0.717) is 11.5 Å². The van der Waals surface area contributed by atoms with Crippen LogP contribution in [0.5, 0.6) is 11.5 Å². The zero-order valence-corrected chi connectivity index (χ0v) is 22.4. The summed E-state index contributed by atoms with van der Waals surface area (Å²) in [5.74, 6) is 2.08. The van der Waals surface area contributed by atoms with Crippen molar-refractivity contribution in [3.63, 3.8) is 0 Å². The maximum Gasteiger partial charge on any atom is 0.135 e. The molecule has 1 aliphatic rings. The Bertz CT molecular complexity index is 1750. The van der Waals surface area contributed by atoms with E-state index in [1.54, 1.807) is 6.20 Å². The summed E-state index contributed by atoms with van der Waals surface area (Å²) in [7, 11) is 0. The van der Waals surface area contributed by atoms with Crippen LogP contribution in [0.1, 0.15) is 0 Å². The van der Waals surface area contributed by atoms with Crippen LogP contribution in [0.15, 0.2) is 122 Å². The molecule has 7 rings (SSSR count). The number of fused-ring (bicyclic) bond motifs is 3. The molecule has 0 radical (unpaired) electrons.